The first-order chi connectivity index (χ1) is 6.43. The molecule has 0 aromatic carbocycles. The summed E-state index contributed by atoms with van der Waals surface area (Å²) >= 11 is 0. The molecule has 1 saturated carbocycles. The van der Waals surface area contributed by atoms with Crippen LogP contribution in [0.4, 0.5) is 0 Å². The van der Waals surface area contributed by atoms with E-state index in [1.54, 1.807) is 0 Å². The van der Waals surface area contributed by atoms with Crippen LogP contribution in [0.15, 0.2) is 0 Å². The average molecular weight is 180 g/mol. The quantitative estimate of drug-likeness (QED) is 0.615. The van der Waals surface area contributed by atoms with Crippen molar-refractivity contribution in [3.05, 3.63) is 0 Å². The molecule has 1 nitrogen and oxygen atoms in total. The maximum Gasteiger partial charge on any atom is 0.0540 e. The minimum atomic E-state index is 0.208. The number of hydrogen-bond donors (Lipinski definition) is 1. The predicted octanol–water partition coefficient (Wildman–Crippen LogP) is 2.73. The van der Waals surface area contributed by atoms with Crippen molar-refractivity contribution in [3.8, 4) is 11.8 Å². The van der Waals surface area contributed by atoms with Gasteiger partial charge in [0.05, 0.1) is 6.61 Å². The largest absolute Gasteiger partial charge is 0.395 e. The standard InChI is InChI=1S/C12H20O/c13-11-7-6-10-12-8-4-2-1-3-5-9-12/h12-13H,1-5,7-9,11H2. The number of rotatable bonds is 1. The summed E-state index contributed by atoms with van der Waals surface area (Å²) < 4.78 is 0. The SMILES string of the molecule is OCCC#CC1CCCCCCC1. The molecule has 0 spiro atoms. The molecule has 0 heterocycles. The summed E-state index contributed by atoms with van der Waals surface area (Å²) in [5, 5.41) is 8.59. The van der Waals surface area contributed by atoms with E-state index in [1.807, 2.05) is 0 Å². The molecule has 13 heavy (non-hydrogen) atoms. The van der Waals surface area contributed by atoms with Crippen LogP contribution in [0.5, 0.6) is 0 Å². The highest BCUT2D eigenvalue weighted by Crippen LogP contribution is 2.21. The van der Waals surface area contributed by atoms with E-state index in [-0.39, 0.29) is 6.61 Å². The van der Waals surface area contributed by atoms with Crippen LogP contribution in [-0.2, 0) is 0 Å². The molecule has 0 amide bonds. The van der Waals surface area contributed by atoms with Gasteiger partial charge >= 0.3 is 0 Å². The Kier molecular flexibility index (Phi) is 5.69. The van der Waals surface area contributed by atoms with E-state index in [0.717, 1.165) is 0 Å². The van der Waals surface area contributed by atoms with Crippen LogP contribution < -0.4 is 0 Å². The molecule has 1 N–H and O–H groups in total. The molecular formula is C12H20O. The minimum Gasteiger partial charge on any atom is -0.395 e. The van der Waals surface area contributed by atoms with Crippen molar-refractivity contribution in [2.45, 2.75) is 51.4 Å². The zero-order chi connectivity index (χ0) is 9.36. The van der Waals surface area contributed by atoms with Crippen LogP contribution in [0.25, 0.3) is 0 Å². The normalized spacial score (nSPS) is 19.8. The Morgan fingerprint density at radius 3 is 2.23 bits per heavy atom. The van der Waals surface area contributed by atoms with Crippen LogP contribution in [0.3, 0.4) is 0 Å². The van der Waals surface area contributed by atoms with Gasteiger partial charge in [-0.1, -0.05) is 38.0 Å². The van der Waals surface area contributed by atoms with Crippen molar-refractivity contribution in [2.24, 2.45) is 5.92 Å². The third-order valence-electron chi connectivity index (χ3n) is 2.65. The van der Waals surface area contributed by atoms with E-state index < -0.39 is 0 Å². The fraction of sp³-hybridized carbons (Fsp3) is 0.833. The first kappa shape index (κ1) is 10.6. The van der Waals surface area contributed by atoms with Crippen LogP contribution in [-0.4, -0.2) is 11.7 Å². The zero-order valence-electron chi connectivity index (χ0n) is 8.39. The van der Waals surface area contributed by atoms with Gasteiger partial charge in [0.2, 0.25) is 0 Å². The topological polar surface area (TPSA) is 20.2 Å². The maximum absolute atomic E-state index is 8.59. The molecule has 1 heteroatoms. The lowest BCUT2D eigenvalue weighted by atomic mass is 9.91. The summed E-state index contributed by atoms with van der Waals surface area (Å²) in [5.74, 6) is 6.95. The van der Waals surface area contributed by atoms with Gasteiger partial charge in [0.15, 0.2) is 0 Å². The lowest BCUT2D eigenvalue weighted by Gasteiger charge is -2.13. The highest BCUT2D eigenvalue weighted by Gasteiger charge is 2.07. The van der Waals surface area contributed by atoms with Crippen molar-refractivity contribution in [2.75, 3.05) is 6.61 Å². The maximum atomic E-state index is 8.59. The molecule has 1 fully saturated rings. The fourth-order valence-corrected chi connectivity index (χ4v) is 1.87. The third kappa shape index (κ3) is 4.95. The van der Waals surface area contributed by atoms with Crippen LogP contribution >= 0.6 is 0 Å². The summed E-state index contributed by atoms with van der Waals surface area (Å²) in [4.78, 5) is 0. The van der Waals surface area contributed by atoms with Gasteiger partial charge < -0.3 is 5.11 Å². The molecule has 0 aliphatic heterocycles. The van der Waals surface area contributed by atoms with E-state index in [0.29, 0.717) is 12.3 Å². The Morgan fingerprint density at radius 2 is 1.62 bits per heavy atom. The van der Waals surface area contributed by atoms with Gasteiger partial charge in [0.1, 0.15) is 0 Å². The van der Waals surface area contributed by atoms with E-state index in [9.17, 15) is 0 Å². The smallest absolute Gasteiger partial charge is 0.0540 e. The molecule has 74 valence electrons. The van der Waals surface area contributed by atoms with Gasteiger partial charge in [-0.3, -0.25) is 0 Å². The van der Waals surface area contributed by atoms with Crippen LogP contribution in [0, 0.1) is 17.8 Å². The minimum absolute atomic E-state index is 0.208. The first-order valence-corrected chi connectivity index (χ1v) is 5.52. The highest BCUT2D eigenvalue weighted by atomic mass is 16.2. The zero-order valence-corrected chi connectivity index (χ0v) is 8.39. The van der Waals surface area contributed by atoms with E-state index in [1.165, 1.54) is 44.9 Å². The summed E-state index contributed by atoms with van der Waals surface area (Å²) in [6, 6.07) is 0. The molecule has 0 radical (unpaired) electrons. The number of aliphatic hydroxyl groups excluding tert-OH is 1. The summed E-state index contributed by atoms with van der Waals surface area (Å²) in [7, 11) is 0. The van der Waals surface area contributed by atoms with Gasteiger partial charge in [-0.15, -0.1) is 5.92 Å². The van der Waals surface area contributed by atoms with E-state index >= 15 is 0 Å². The molecule has 0 aromatic rings. The van der Waals surface area contributed by atoms with Crippen LogP contribution in [0.1, 0.15) is 51.4 Å². The van der Waals surface area contributed by atoms with Crippen LogP contribution in [0.2, 0.25) is 0 Å². The highest BCUT2D eigenvalue weighted by molar-refractivity contribution is 5.03. The third-order valence-corrected chi connectivity index (χ3v) is 2.65. The van der Waals surface area contributed by atoms with Gasteiger partial charge in [0, 0.05) is 12.3 Å². The van der Waals surface area contributed by atoms with Crippen molar-refractivity contribution in [1.82, 2.24) is 0 Å². The van der Waals surface area contributed by atoms with Crippen molar-refractivity contribution in [1.29, 1.82) is 0 Å². The second-order valence-electron chi connectivity index (χ2n) is 3.84. The Bertz CT molecular complexity index is 167. The molecule has 0 unspecified atom stereocenters. The van der Waals surface area contributed by atoms with Crippen molar-refractivity contribution >= 4 is 0 Å². The lowest BCUT2D eigenvalue weighted by Crippen LogP contribution is -2.00. The molecule has 0 aromatic heterocycles. The molecule has 0 atom stereocenters. The van der Waals surface area contributed by atoms with Crippen molar-refractivity contribution in [3.63, 3.8) is 0 Å². The summed E-state index contributed by atoms with van der Waals surface area (Å²) in [6.45, 7) is 0.208. The Labute approximate surface area is 81.5 Å². The lowest BCUT2D eigenvalue weighted by molar-refractivity contribution is 0.305. The van der Waals surface area contributed by atoms with Gasteiger partial charge in [-0.05, 0) is 12.8 Å². The second kappa shape index (κ2) is 6.97. The Balaban J connectivity index is 2.26. The molecule has 0 bridgehead atoms. The predicted molar refractivity (Wildman–Crippen MR) is 55.3 cm³/mol. The Hall–Kier alpha value is -0.480. The fourth-order valence-electron chi connectivity index (χ4n) is 1.87. The Morgan fingerprint density at radius 1 is 1.00 bits per heavy atom. The monoisotopic (exact) mass is 180 g/mol. The van der Waals surface area contributed by atoms with Gasteiger partial charge in [-0.25, -0.2) is 0 Å². The first-order valence-electron chi connectivity index (χ1n) is 5.52. The summed E-state index contributed by atoms with van der Waals surface area (Å²) in [5.41, 5.74) is 0. The molecule has 0 saturated heterocycles. The molecule has 1 aliphatic carbocycles. The van der Waals surface area contributed by atoms with Gasteiger partial charge in [-0.2, -0.15) is 0 Å². The average Bonchev–Trinajstić information content (AvgIpc) is 2.08. The number of hydrogen-bond acceptors (Lipinski definition) is 1. The van der Waals surface area contributed by atoms with Crippen molar-refractivity contribution < 1.29 is 5.11 Å². The summed E-state index contributed by atoms with van der Waals surface area (Å²) in [6.07, 6.45) is 10.1. The van der Waals surface area contributed by atoms with E-state index in [4.69, 9.17) is 5.11 Å². The number of aliphatic hydroxyl groups is 1. The second-order valence-corrected chi connectivity index (χ2v) is 3.84. The molecule has 1 rings (SSSR count). The molecular weight excluding hydrogens is 160 g/mol. The van der Waals surface area contributed by atoms with E-state index in [2.05, 4.69) is 11.8 Å². The van der Waals surface area contributed by atoms with Gasteiger partial charge in [0.25, 0.3) is 0 Å². The molecule has 1 aliphatic rings.